The number of phenolic OH excluding ortho intramolecular Hbond substituents is 1. The van der Waals surface area contributed by atoms with Gasteiger partial charge in [0.25, 0.3) is 0 Å². The van der Waals surface area contributed by atoms with E-state index in [4.69, 9.17) is 5.11 Å². The lowest BCUT2D eigenvalue weighted by Crippen LogP contribution is -2.48. The van der Waals surface area contributed by atoms with Crippen LogP contribution >= 0.6 is 0 Å². The molecule has 1 aliphatic carbocycles. The lowest BCUT2D eigenvalue weighted by molar-refractivity contribution is -0.121. The van der Waals surface area contributed by atoms with Gasteiger partial charge in [-0.05, 0) is 62.6 Å². The molecule has 28 heavy (non-hydrogen) atoms. The number of ketones is 2. The predicted molar refractivity (Wildman–Crippen MR) is 110 cm³/mol. The van der Waals surface area contributed by atoms with Gasteiger partial charge in [0, 0.05) is 18.3 Å². The largest absolute Gasteiger partial charge is 0.508 e. The van der Waals surface area contributed by atoms with Crippen molar-refractivity contribution >= 4 is 11.6 Å². The second-order valence-corrected chi connectivity index (χ2v) is 8.09. The molecule has 5 nitrogen and oxygen atoms in total. The van der Waals surface area contributed by atoms with Crippen LogP contribution in [-0.4, -0.2) is 38.6 Å². The molecule has 0 aromatic heterocycles. The van der Waals surface area contributed by atoms with Gasteiger partial charge >= 0.3 is 0 Å². The van der Waals surface area contributed by atoms with Crippen molar-refractivity contribution in [2.75, 3.05) is 0 Å². The minimum atomic E-state index is -1.15. The van der Waals surface area contributed by atoms with Gasteiger partial charge in [0.15, 0.2) is 5.78 Å². The molecule has 0 radical (unpaired) electrons. The van der Waals surface area contributed by atoms with Gasteiger partial charge in [-0.2, -0.15) is 0 Å². The van der Waals surface area contributed by atoms with E-state index >= 15 is 0 Å². The number of hydrogen-bond donors (Lipinski definition) is 3. The summed E-state index contributed by atoms with van der Waals surface area (Å²) in [6.07, 6.45) is 5.67. The van der Waals surface area contributed by atoms with Crippen molar-refractivity contribution in [3.8, 4) is 5.75 Å². The summed E-state index contributed by atoms with van der Waals surface area (Å²) in [5.41, 5.74) is 0.0142. The van der Waals surface area contributed by atoms with Crippen LogP contribution in [0, 0.1) is 5.41 Å². The lowest BCUT2D eigenvalue weighted by Gasteiger charge is -2.44. The van der Waals surface area contributed by atoms with Crippen LogP contribution in [0.25, 0.3) is 0 Å². The van der Waals surface area contributed by atoms with Gasteiger partial charge in [-0.1, -0.05) is 32.1 Å². The number of aromatic hydroxyl groups is 1. The van der Waals surface area contributed by atoms with Gasteiger partial charge in [0.05, 0.1) is 6.10 Å². The zero-order chi connectivity index (χ0) is 21.5. The SMILES string of the molecule is CC(=O)CCc1ccc(O)cc1.CC1=CC(=O)CC(C)(C)C1(O)C=CC(C)O. The molecular formula is C23H32O5. The molecule has 0 aliphatic heterocycles. The molecule has 0 amide bonds. The highest BCUT2D eigenvalue weighted by Crippen LogP contribution is 2.44. The summed E-state index contributed by atoms with van der Waals surface area (Å²) in [6.45, 7) is 8.66. The van der Waals surface area contributed by atoms with Crippen molar-refractivity contribution in [1.82, 2.24) is 0 Å². The first-order valence-corrected chi connectivity index (χ1v) is 9.46. The molecule has 0 spiro atoms. The number of carbonyl (C=O) groups is 2. The normalized spacial score (nSPS) is 22.2. The minimum Gasteiger partial charge on any atom is -0.508 e. The first-order valence-electron chi connectivity index (χ1n) is 9.46. The number of carbonyl (C=O) groups excluding carboxylic acids is 2. The molecule has 2 unspecified atom stereocenters. The smallest absolute Gasteiger partial charge is 0.156 e. The number of Topliss-reactive ketones (excluding diaryl/α,β-unsaturated/α-hetero) is 1. The summed E-state index contributed by atoms with van der Waals surface area (Å²) in [6, 6.07) is 6.93. The maximum atomic E-state index is 11.5. The highest BCUT2D eigenvalue weighted by atomic mass is 16.3. The fraction of sp³-hybridized carbons (Fsp3) is 0.478. The van der Waals surface area contributed by atoms with E-state index in [0.717, 1.165) is 12.0 Å². The molecule has 2 atom stereocenters. The topological polar surface area (TPSA) is 94.8 Å². The third-order valence-electron chi connectivity index (χ3n) is 4.94. The molecule has 0 heterocycles. The van der Waals surface area contributed by atoms with Crippen LogP contribution in [0.4, 0.5) is 0 Å². The third-order valence-corrected chi connectivity index (χ3v) is 4.94. The summed E-state index contributed by atoms with van der Waals surface area (Å²) in [4.78, 5) is 22.1. The maximum absolute atomic E-state index is 11.5. The van der Waals surface area contributed by atoms with Crippen LogP contribution in [0.2, 0.25) is 0 Å². The Kier molecular flexibility index (Phi) is 8.33. The Labute approximate surface area is 167 Å². The van der Waals surface area contributed by atoms with Crippen molar-refractivity contribution in [1.29, 1.82) is 0 Å². The van der Waals surface area contributed by atoms with E-state index in [1.54, 1.807) is 45.1 Å². The van der Waals surface area contributed by atoms with Crippen molar-refractivity contribution in [3.05, 3.63) is 53.6 Å². The maximum Gasteiger partial charge on any atom is 0.156 e. The van der Waals surface area contributed by atoms with E-state index in [2.05, 4.69) is 0 Å². The monoisotopic (exact) mass is 388 g/mol. The molecule has 0 saturated carbocycles. The average Bonchev–Trinajstić information content (AvgIpc) is 2.57. The molecule has 1 aromatic rings. The number of aryl methyl sites for hydroxylation is 1. The second-order valence-electron chi connectivity index (χ2n) is 8.09. The summed E-state index contributed by atoms with van der Waals surface area (Å²) in [5.74, 6) is 0.502. The number of aliphatic hydroxyl groups excluding tert-OH is 1. The van der Waals surface area contributed by atoms with Crippen LogP contribution in [0.5, 0.6) is 5.75 Å². The number of hydrogen-bond acceptors (Lipinski definition) is 5. The highest BCUT2D eigenvalue weighted by Gasteiger charge is 2.46. The molecular weight excluding hydrogens is 356 g/mol. The van der Waals surface area contributed by atoms with Gasteiger partial charge in [-0.25, -0.2) is 0 Å². The van der Waals surface area contributed by atoms with Crippen LogP contribution in [-0.2, 0) is 16.0 Å². The molecule has 154 valence electrons. The first-order chi connectivity index (χ1) is 12.9. The van der Waals surface area contributed by atoms with Gasteiger partial charge < -0.3 is 20.1 Å². The summed E-state index contributed by atoms with van der Waals surface area (Å²) >= 11 is 0. The van der Waals surface area contributed by atoms with Crippen LogP contribution in [0.3, 0.4) is 0 Å². The average molecular weight is 389 g/mol. The molecule has 0 saturated heterocycles. The van der Waals surface area contributed by atoms with E-state index < -0.39 is 17.1 Å². The Morgan fingerprint density at radius 2 is 1.82 bits per heavy atom. The van der Waals surface area contributed by atoms with Gasteiger partial charge in [0.2, 0.25) is 0 Å². The summed E-state index contributed by atoms with van der Waals surface area (Å²) < 4.78 is 0. The Hall–Kier alpha value is -2.24. The molecule has 5 heteroatoms. The van der Waals surface area contributed by atoms with Gasteiger partial charge in [0.1, 0.15) is 17.1 Å². The van der Waals surface area contributed by atoms with Crippen molar-refractivity contribution in [3.63, 3.8) is 0 Å². The quantitative estimate of drug-likeness (QED) is 0.671. The van der Waals surface area contributed by atoms with Crippen molar-refractivity contribution in [2.45, 2.75) is 65.6 Å². The van der Waals surface area contributed by atoms with Gasteiger partial charge in [-0.3, -0.25) is 4.79 Å². The van der Waals surface area contributed by atoms with E-state index in [-0.39, 0.29) is 17.3 Å². The number of aliphatic hydroxyl groups is 2. The van der Waals surface area contributed by atoms with Crippen LogP contribution < -0.4 is 0 Å². The number of phenols is 1. The predicted octanol–water partition coefficient (Wildman–Crippen LogP) is 3.51. The van der Waals surface area contributed by atoms with Gasteiger partial charge in [-0.15, -0.1) is 0 Å². The molecule has 1 aliphatic rings. The standard InChI is InChI=1S/C13H20O3.C10H12O2/c1-9-7-11(15)8-12(3,4)13(9,16)6-5-10(2)14;1-8(11)2-3-9-4-6-10(12)7-5-9/h5-7,10,14,16H,8H2,1-4H3;4-7,12H,2-3H2,1H3. The summed E-state index contributed by atoms with van der Waals surface area (Å²) in [5, 5.41) is 28.8. The third kappa shape index (κ3) is 6.73. The number of benzene rings is 1. The minimum absolute atomic E-state index is 0.0395. The molecule has 0 bridgehead atoms. The molecule has 1 aromatic carbocycles. The van der Waals surface area contributed by atoms with E-state index in [1.165, 1.54) is 6.08 Å². The Bertz CT molecular complexity index is 741. The van der Waals surface area contributed by atoms with E-state index in [1.807, 2.05) is 26.0 Å². The second kappa shape index (κ2) is 9.80. The molecule has 2 rings (SSSR count). The fourth-order valence-corrected chi connectivity index (χ4v) is 3.13. The number of rotatable bonds is 5. The van der Waals surface area contributed by atoms with Crippen LogP contribution in [0.15, 0.2) is 48.1 Å². The van der Waals surface area contributed by atoms with E-state index in [0.29, 0.717) is 18.4 Å². The number of allylic oxidation sites excluding steroid dienone is 1. The molecule has 3 N–H and O–H groups in total. The lowest BCUT2D eigenvalue weighted by atomic mass is 9.64. The zero-order valence-electron chi connectivity index (χ0n) is 17.4. The van der Waals surface area contributed by atoms with Crippen LogP contribution in [0.1, 0.15) is 53.0 Å². The molecule has 0 fully saturated rings. The highest BCUT2D eigenvalue weighted by molar-refractivity contribution is 5.92. The van der Waals surface area contributed by atoms with Crippen molar-refractivity contribution < 1.29 is 24.9 Å². The van der Waals surface area contributed by atoms with Crippen molar-refractivity contribution in [2.24, 2.45) is 5.41 Å². The first kappa shape index (κ1) is 23.8. The zero-order valence-corrected chi connectivity index (χ0v) is 17.4. The Balaban J connectivity index is 0.000000292. The Morgan fingerprint density at radius 1 is 1.25 bits per heavy atom. The fourth-order valence-electron chi connectivity index (χ4n) is 3.13. The Morgan fingerprint density at radius 3 is 2.29 bits per heavy atom. The van der Waals surface area contributed by atoms with E-state index in [9.17, 15) is 19.8 Å². The summed E-state index contributed by atoms with van der Waals surface area (Å²) in [7, 11) is 0.